The van der Waals surface area contributed by atoms with Gasteiger partial charge in [-0.2, -0.15) is 0 Å². The second-order valence-electron chi connectivity index (χ2n) is 5.51. The molecule has 1 fully saturated rings. The minimum absolute atomic E-state index is 0.370. The van der Waals surface area contributed by atoms with E-state index in [1.807, 2.05) is 6.07 Å². The molecule has 1 saturated heterocycles. The van der Waals surface area contributed by atoms with Crippen LogP contribution in [0.25, 0.3) is 0 Å². The molecular formula is C12H18ClN3. The highest BCUT2D eigenvalue weighted by atomic mass is 35.5. The lowest BCUT2D eigenvalue weighted by Gasteiger charge is -2.27. The fourth-order valence-corrected chi connectivity index (χ4v) is 2.25. The van der Waals surface area contributed by atoms with E-state index in [4.69, 9.17) is 11.6 Å². The second kappa shape index (κ2) is 4.21. The maximum absolute atomic E-state index is 5.73. The van der Waals surface area contributed by atoms with E-state index in [1.54, 1.807) is 6.07 Å². The molecule has 2 heterocycles. The van der Waals surface area contributed by atoms with Gasteiger partial charge in [-0.25, -0.2) is 0 Å². The van der Waals surface area contributed by atoms with Crippen molar-refractivity contribution in [3.05, 3.63) is 17.3 Å². The zero-order chi connectivity index (χ0) is 11.8. The van der Waals surface area contributed by atoms with Crippen LogP contribution in [0.4, 0.5) is 5.82 Å². The predicted molar refractivity (Wildman–Crippen MR) is 66.8 cm³/mol. The molecule has 0 aliphatic carbocycles. The van der Waals surface area contributed by atoms with Crippen molar-refractivity contribution in [1.29, 1.82) is 0 Å². The van der Waals surface area contributed by atoms with Crippen molar-refractivity contribution >= 4 is 17.4 Å². The van der Waals surface area contributed by atoms with E-state index in [-0.39, 0.29) is 0 Å². The number of aromatic nitrogens is 2. The third-order valence-corrected chi connectivity index (χ3v) is 3.56. The van der Waals surface area contributed by atoms with E-state index >= 15 is 0 Å². The van der Waals surface area contributed by atoms with Gasteiger partial charge in [-0.1, -0.05) is 32.4 Å². The molecule has 0 bridgehead atoms. The number of nitrogens with zero attached hydrogens (tertiary/aromatic N) is 3. The van der Waals surface area contributed by atoms with Crippen LogP contribution in [0.1, 0.15) is 27.2 Å². The van der Waals surface area contributed by atoms with Crippen molar-refractivity contribution < 1.29 is 0 Å². The average Bonchev–Trinajstić information content (AvgIpc) is 2.67. The first-order valence-electron chi connectivity index (χ1n) is 5.71. The Morgan fingerprint density at radius 3 is 2.56 bits per heavy atom. The zero-order valence-corrected chi connectivity index (χ0v) is 10.8. The van der Waals surface area contributed by atoms with Crippen LogP contribution >= 0.6 is 11.6 Å². The predicted octanol–water partition coefficient (Wildman–Crippen LogP) is 3.00. The summed E-state index contributed by atoms with van der Waals surface area (Å²) in [6.07, 6.45) is 1.23. The molecule has 1 aliphatic heterocycles. The highest BCUT2D eigenvalue weighted by Gasteiger charge is 2.32. The fraction of sp³-hybridized carbons (Fsp3) is 0.667. The lowest BCUT2D eigenvalue weighted by Crippen LogP contribution is -2.26. The number of rotatable bonds is 1. The van der Waals surface area contributed by atoms with Crippen LogP contribution in [0.3, 0.4) is 0 Å². The largest absolute Gasteiger partial charge is 0.355 e. The van der Waals surface area contributed by atoms with Crippen molar-refractivity contribution in [3.63, 3.8) is 0 Å². The molecule has 0 N–H and O–H groups in total. The zero-order valence-electron chi connectivity index (χ0n) is 10.1. The number of hydrogen-bond donors (Lipinski definition) is 0. The molecule has 0 amide bonds. The van der Waals surface area contributed by atoms with Crippen molar-refractivity contribution in [3.8, 4) is 0 Å². The summed E-state index contributed by atoms with van der Waals surface area (Å²) >= 11 is 5.73. The van der Waals surface area contributed by atoms with Crippen LogP contribution < -0.4 is 4.90 Å². The highest BCUT2D eigenvalue weighted by molar-refractivity contribution is 6.29. The van der Waals surface area contributed by atoms with E-state index < -0.39 is 0 Å². The van der Waals surface area contributed by atoms with Gasteiger partial charge >= 0.3 is 0 Å². The molecule has 0 saturated carbocycles. The van der Waals surface area contributed by atoms with Crippen LogP contribution in [0.5, 0.6) is 0 Å². The normalized spacial score (nSPS) is 21.5. The Balaban J connectivity index is 2.06. The van der Waals surface area contributed by atoms with Crippen molar-refractivity contribution in [2.24, 2.45) is 11.3 Å². The van der Waals surface area contributed by atoms with E-state index in [9.17, 15) is 0 Å². The summed E-state index contributed by atoms with van der Waals surface area (Å²) in [4.78, 5) is 2.29. The number of hydrogen-bond acceptors (Lipinski definition) is 3. The first-order chi connectivity index (χ1) is 7.47. The molecule has 1 aromatic heterocycles. The van der Waals surface area contributed by atoms with Gasteiger partial charge in [0.25, 0.3) is 0 Å². The lowest BCUT2D eigenvalue weighted by molar-refractivity contribution is 0.263. The molecule has 0 aromatic carbocycles. The van der Waals surface area contributed by atoms with Crippen LogP contribution in [0, 0.1) is 11.3 Å². The summed E-state index contributed by atoms with van der Waals surface area (Å²) in [5.74, 6) is 1.67. The summed E-state index contributed by atoms with van der Waals surface area (Å²) in [7, 11) is 0. The molecule has 3 nitrogen and oxygen atoms in total. The summed E-state index contributed by atoms with van der Waals surface area (Å²) in [6, 6.07) is 3.74. The Kier molecular flexibility index (Phi) is 3.06. The third-order valence-electron chi connectivity index (χ3n) is 3.35. The summed E-state index contributed by atoms with van der Waals surface area (Å²) in [5.41, 5.74) is 0.370. The molecule has 1 unspecified atom stereocenters. The van der Waals surface area contributed by atoms with Gasteiger partial charge in [-0.3, -0.25) is 0 Å². The molecular weight excluding hydrogens is 222 g/mol. The van der Waals surface area contributed by atoms with Crippen LogP contribution in [0.2, 0.25) is 5.15 Å². The summed E-state index contributed by atoms with van der Waals surface area (Å²) in [6.45, 7) is 9.04. The van der Waals surface area contributed by atoms with Gasteiger partial charge in [-0.15, -0.1) is 10.2 Å². The van der Waals surface area contributed by atoms with Gasteiger partial charge < -0.3 is 4.90 Å². The minimum atomic E-state index is 0.370. The van der Waals surface area contributed by atoms with Gasteiger partial charge in [0, 0.05) is 13.1 Å². The van der Waals surface area contributed by atoms with Gasteiger partial charge in [0.2, 0.25) is 0 Å². The standard InChI is InChI=1S/C12H18ClN3/c1-12(2,3)9-6-7-16(8-9)11-5-4-10(13)14-15-11/h4-5,9H,6-8H2,1-3H3. The van der Waals surface area contributed by atoms with Crippen molar-refractivity contribution in [1.82, 2.24) is 10.2 Å². The molecule has 88 valence electrons. The molecule has 1 aromatic rings. The Hall–Kier alpha value is -0.830. The lowest BCUT2D eigenvalue weighted by atomic mass is 9.80. The molecule has 1 atom stereocenters. The highest BCUT2D eigenvalue weighted by Crippen LogP contribution is 2.34. The minimum Gasteiger partial charge on any atom is -0.355 e. The molecule has 4 heteroatoms. The SMILES string of the molecule is CC(C)(C)C1CCN(c2ccc(Cl)nn2)C1. The monoisotopic (exact) mass is 239 g/mol. The van der Waals surface area contributed by atoms with Crippen molar-refractivity contribution in [2.75, 3.05) is 18.0 Å². The molecule has 0 spiro atoms. The number of halogens is 1. The fourth-order valence-electron chi connectivity index (χ4n) is 2.15. The average molecular weight is 240 g/mol. The number of anilines is 1. The Labute approximate surface area is 102 Å². The quantitative estimate of drug-likeness (QED) is 0.755. The van der Waals surface area contributed by atoms with Gasteiger partial charge in [0.1, 0.15) is 0 Å². The maximum atomic E-state index is 5.73. The first kappa shape index (κ1) is 11.6. The van der Waals surface area contributed by atoms with Gasteiger partial charge in [-0.05, 0) is 29.9 Å². The third kappa shape index (κ3) is 2.46. The first-order valence-corrected chi connectivity index (χ1v) is 6.09. The van der Waals surface area contributed by atoms with E-state index in [2.05, 4.69) is 35.9 Å². The van der Waals surface area contributed by atoms with Crippen LogP contribution in [-0.4, -0.2) is 23.3 Å². The van der Waals surface area contributed by atoms with Gasteiger partial charge in [0.15, 0.2) is 11.0 Å². The van der Waals surface area contributed by atoms with E-state index in [0.29, 0.717) is 10.6 Å². The summed E-state index contributed by atoms with van der Waals surface area (Å²) in [5, 5.41) is 8.46. The molecule has 16 heavy (non-hydrogen) atoms. The molecule has 0 radical (unpaired) electrons. The second-order valence-corrected chi connectivity index (χ2v) is 5.90. The van der Waals surface area contributed by atoms with E-state index in [0.717, 1.165) is 24.8 Å². The Morgan fingerprint density at radius 2 is 2.06 bits per heavy atom. The Bertz CT molecular complexity index is 356. The topological polar surface area (TPSA) is 29.0 Å². The van der Waals surface area contributed by atoms with Crippen molar-refractivity contribution in [2.45, 2.75) is 27.2 Å². The molecule has 2 rings (SSSR count). The van der Waals surface area contributed by atoms with Gasteiger partial charge in [0.05, 0.1) is 0 Å². The van der Waals surface area contributed by atoms with Crippen LogP contribution in [0.15, 0.2) is 12.1 Å². The maximum Gasteiger partial charge on any atom is 0.151 e. The van der Waals surface area contributed by atoms with E-state index in [1.165, 1.54) is 6.42 Å². The molecule has 1 aliphatic rings. The smallest absolute Gasteiger partial charge is 0.151 e. The summed E-state index contributed by atoms with van der Waals surface area (Å²) < 4.78 is 0. The van der Waals surface area contributed by atoms with Crippen LogP contribution in [-0.2, 0) is 0 Å². The Morgan fingerprint density at radius 1 is 1.31 bits per heavy atom.